The number of H-pyrrole nitrogens is 1. The zero-order valence-corrected chi connectivity index (χ0v) is 9.91. The van der Waals surface area contributed by atoms with Gasteiger partial charge in [0, 0.05) is 5.69 Å². The van der Waals surface area contributed by atoms with E-state index in [-0.39, 0.29) is 11.8 Å². The van der Waals surface area contributed by atoms with Crippen LogP contribution in [0.3, 0.4) is 0 Å². The average Bonchev–Trinajstić information content (AvgIpc) is 2.60. The molecule has 0 aliphatic heterocycles. The van der Waals surface area contributed by atoms with Gasteiger partial charge in [-0.05, 0) is 24.7 Å². The van der Waals surface area contributed by atoms with E-state index in [1.54, 1.807) is 0 Å². The molecule has 1 aromatic heterocycles. The van der Waals surface area contributed by atoms with Crippen molar-refractivity contribution in [2.45, 2.75) is 38.8 Å². The quantitative estimate of drug-likeness (QED) is 0.777. The number of halogens is 5. The Morgan fingerprint density at radius 2 is 1.61 bits per heavy atom. The Morgan fingerprint density at radius 1 is 1.06 bits per heavy atom. The monoisotopic (exact) mass is 268 g/mol. The van der Waals surface area contributed by atoms with Gasteiger partial charge in [0.25, 0.3) is 0 Å². The molecular formula is C11H13F5N2. The van der Waals surface area contributed by atoms with Gasteiger partial charge < -0.3 is 4.98 Å². The van der Waals surface area contributed by atoms with E-state index in [1.165, 1.54) is 0 Å². The molecule has 2 unspecified atom stereocenters. The molecule has 0 saturated carbocycles. The molecule has 2 nitrogen and oxygen atoms in total. The fourth-order valence-corrected chi connectivity index (χ4v) is 2.10. The molecule has 7 heteroatoms. The van der Waals surface area contributed by atoms with Crippen molar-refractivity contribution >= 4 is 0 Å². The summed E-state index contributed by atoms with van der Waals surface area (Å²) < 4.78 is 62.9. The van der Waals surface area contributed by atoms with Crippen LogP contribution in [0.15, 0.2) is 0 Å². The highest BCUT2D eigenvalue weighted by Crippen LogP contribution is 2.43. The predicted octanol–water partition coefficient (Wildman–Crippen LogP) is 3.43. The van der Waals surface area contributed by atoms with Crippen molar-refractivity contribution in [1.29, 1.82) is 0 Å². The Hall–Kier alpha value is -1.14. The SMILES string of the molecule is CC1Cc2nc(C(F)(F)C(F)(F)F)[nH]c2CC1C. The van der Waals surface area contributed by atoms with Crippen molar-refractivity contribution in [2.24, 2.45) is 11.8 Å². The minimum Gasteiger partial charge on any atom is -0.340 e. The fraction of sp³-hybridized carbons (Fsp3) is 0.727. The minimum atomic E-state index is -5.62. The Labute approximate surface area is 101 Å². The van der Waals surface area contributed by atoms with Gasteiger partial charge in [0.1, 0.15) is 0 Å². The summed E-state index contributed by atoms with van der Waals surface area (Å²) in [7, 11) is 0. The van der Waals surface area contributed by atoms with Gasteiger partial charge >= 0.3 is 12.1 Å². The molecule has 102 valence electrons. The van der Waals surface area contributed by atoms with Crippen molar-refractivity contribution in [3.05, 3.63) is 17.2 Å². The Morgan fingerprint density at radius 3 is 2.17 bits per heavy atom. The van der Waals surface area contributed by atoms with E-state index in [0.29, 0.717) is 24.2 Å². The van der Waals surface area contributed by atoms with E-state index in [1.807, 2.05) is 13.8 Å². The maximum Gasteiger partial charge on any atom is 0.461 e. The van der Waals surface area contributed by atoms with Crippen LogP contribution in [0.25, 0.3) is 0 Å². The average molecular weight is 268 g/mol. The number of imidazole rings is 1. The van der Waals surface area contributed by atoms with Crippen molar-refractivity contribution in [3.8, 4) is 0 Å². The molecule has 0 saturated heterocycles. The van der Waals surface area contributed by atoms with Gasteiger partial charge in [0.15, 0.2) is 5.82 Å². The van der Waals surface area contributed by atoms with Crippen molar-refractivity contribution in [2.75, 3.05) is 0 Å². The molecule has 0 fully saturated rings. The van der Waals surface area contributed by atoms with E-state index in [2.05, 4.69) is 9.97 Å². The Bertz CT molecular complexity index is 421. The van der Waals surface area contributed by atoms with Crippen LogP contribution in [-0.4, -0.2) is 16.1 Å². The number of hydrogen-bond donors (Lipinski definition) is 1. The van der Waals surface area contributed by atoms with Crippen LogP contribution >= 0.6 is 0 Å². The first-order chi connectivity index (χ1) is 8.13. The molecule has 0 spiro atoms. The topological polar surface area (TPSA) is 28.7 Å². The Kier molecular flexibility index (Phi) is 2.90. The summed E-state index contributed by atoms with van der Waals surface area (Å²) in [5, 5.41) is 0. The number of aromatic amines is 1. The first-order valence-electron chi connectivity index (χ1n) is 5.65. The molecule has 1 aromatic rings. The number of nitrogens with zero attached hydrogens (tertiary/aromatic N) is 1. The number of aromatic nitrogens is 2. The lowest BCUT2D eigenvalue weighted by Gasteiger charge is -2.24. The van der Waals surface area contributed by atoms with Crippen molar-refractivity contribution in [3.63, 3.8) is 0 Å². The minimum absolute atomic E-state index is 0.230. The maximum absolute atomic E-state index is 13.1. The molecule has 0 bridgehead atoms. The van der Waals surface area contributed by atoms with Gasteiger partial charge in [0.2, 0.25) is 0 Å². The van der Waals surface area contributed by atoms with Crippen LogP contribution in [0, 0.1) is 11.8 Å². The zero-order valence-electron chi connectivity index (χ0n) is 9.91. The van der Waals surface area contributed by atoms with E-state index in [0.717, 1.165) is 0 Å². The lowest BCUT2D eigenvalue weighted by Crippen LogP contribution is -2.34. The number of alkyl halides is 5. The van der Waals surface area contributed by atoms with Crippen molar-refractivity contribution in [1.82, 2.24) is 9.97 Å². The molecule has 0 radical (unpaired) electrons. The molecule has 1 aliphatic carbocycles. The summed E-state index contributed by atoms with van der Waals surface area (Å²) in [4.78, 5) is 5.60. The van der Waals surface area contributed by atoms with E-state index >= 15 is 0 Å². The number of rotatable bonds is 1. The summed E-state index contributed by atoms with van der Waals surface area (Å²) in [6.07, 6.45) is -4.73. The molecule has 1 heterocycles. The third kappa shape index (κ3) is 1.99. The Balaban J connectivity index is 2.37. The lowest BCUT2D eigenvalue weighted by molar-refractivity contribution is -0.292. The first kappa shape index (κ1) is 13.3. The lowest BCUT2D eigenvalue weighted by atomic mass is 9.82. The van der Waals surface area contributed by atoms with Gasteiger partial charge in [-0.1, -0.05) is 13.8 Å². The summed E-state index contributed by atoms with van der Waals surface area (Å²) in [6, 6.07) is 0. The zero-order chi connectivity index (χ0) is 13.7. The van der Waals surface area contributed by atoms with E-state index < -0.39 is 17.9 Å². The molecule has 2 rings (SSSR count). The van der Waals surface area contributed by atoms with Crippen LogP contribution in [0.5, 0.6) is 0 Å². The molecular weight excluding hydrogens is 255 g/mol. The van der Waals surface area contributed by atoms with Gasteiger partial charge in [-0.15, -0.1) is 0 Å². The van der Waals surface area contributed by atoms with Gasteiger partial charge in [0.05, 0.1) is 5.69 Å². The summed E-state index contributed by atoms with van der Waals surface area (Å²) in [6.45, 7) is 3.87. The largest absolute Gasteiger partial charge is 0.461 e. The highest BCUT2D eigenvalue weighted by molar-refractivity contribution is 5.21. The molecule has 0 amide bonds. The normalized spacial score (nSPS) is 25.1. The maximum atomic E-state index is 13.1. The standard InChI is InChI=1S/C11H13F5N2/c1-5-3-7-8(4-6(5)2)18-9(17-7)10(12,13)11(14,15)16/h5-6H,3-4H2,1-2H3,(H,17,18). The van der Waals surface area contributed by atoms with Crippen LogP contribution in [0.1, 0.15) is 31.1 Å². The van der Waals surface area contributed by atoms with Crippen LogP contribution in [-0.2, 0) is 18.8 Å². The summed E-state index contributed by atoms with van der Waals surface area (Å²) in [5.74, 6) is -5.74. The second-order valence-corrected chi connectivity index (χ2v) is 4.95. The third-order valence-electron chi connectivity index (χ3n) is 3.53. The fourth-order valence-electron chi connectivity index (χ4n) is 2.10. The molecule has 18 heavy (non-hydrogen) atoms. The first-order valence-corrected chi connectivity index (χ1v) is 5.65. The van der Waals surface area contributed by atoms with E-state index in [4.69, 9.17) is 0 Å². The highest BCUT2D eigenvalue weighted by atomic mass is 19.4. The summed E-state index contributed by atoms with van der Waals surface area (Å²) >= 11 is 0. The van der Waals surface area contributed by atoms with Crippen molar-refractivity contribution < 1.29 is 22.0 Å². The highest BCUT2D eigenvalue weighted by Gasteiger charge is 2.61. The second kappa shape index (κ2) is 3.93. The number of fused-ring (bicyclic) bond motifs is 1. The predicted molar refractivity (Wildman–Crippen MR) is 54.3 cm³/mol. The third-order valence-corrected chi connectivity index (χ3v) is 3.53. The second-order valence-electron chi connectivity index (χ2n) is 4.95. The molecule has 0 aromatic carbocycles. The van der Waals surface area contributed by atoms with E-state index in [9.17, 15) is 22.0 Å². The van der Waals surface area contributed by atoms with Gasteiger partial charge in [-0.3, -0.25) is 0 Å². The number of nitrogens with one attached hydrogen (secondary N) is 1. The van der Waals surface area contributed by atoms with Crippen LogP contribution < -0.4 is 0 Å². The molecule has 2 atom stereocenters. The van der Waals surface area contributed by atoms with Gasteiger partial charge in [-0.25, -0.2) is 4.98 Å². The van der Waals surface area contributed by atoms with Gasteiger partial charge in [-0.2, -0.15) is 22.0 Å². The van der Waals surface area contributed by atoms with Crippen LogP contribution in [0.2, 0.25) is 0 Å². The van der Waals surface area contributed by atoms with Crippen LogP contribution in [0.4, 0.5) is 22.0 Å². The smallest absolute Gasteiger partial charge is 0.340 e. The molecule has 1 aliphatic rings. The summed E-state index contributed by atoms with van der Waals surface area (Å²) in [5.41, 5.74) is 0.735. The molecule has 1 N–H and O–H groups in total. The number of hydrogen-bond acceptors (Lipinski definition) is 1.